The normalized spacial score (nSPS) is 12.2. The number of hydrogen-bond acceptors (Lipinski definition) is 6. The van der Waals surface area contributed by atoms with Gasteiger partial charge in [-0.25, -0.2) is 4.79 Å². The second kappa shape index (κ2) is 8.52. The number of ether oxygens (including phenoxy) is 3. The van der Waals surface area contributed by atoms with Crippen LogP contribution in [0.2, 0.25) is 0 Å². The van der Waals surface area contributed by atoms with Crippen LogP contribution < -0.4 is 9.47 Å². The summed E-state index contributed by atoms with van der Waals surface area (Å²) in [4.78, 5) is 26.1. The number of ketones is 1. The van der Waals surface area contributed by atoms with Crippen LogP contribution in [-0.4, -0.2) is 29.4 Å². The summed E-state index contributed by atoms with van der Waals surface area (Å²) < 4.78 is 18.4. The molecule has 0 saturated heterocycles. The maximum atomic E-state index is 13.2. The van der Waals surface area contributed by atoms with Gasteiger partial charge in [0.1, 0.15) is 25.9 Å². The van der Waals surface area contributed by atoms with Crippen LogP contribution in [0.25, 0.3) is 5.52 Å². The largest absolute Gasteiger partial charge is 0.486 e. The molecule has 0 unspecified atom stereocenters. The number of nitrogens with zero attached hydrogens (tertiary/aromatic N) is 2. The number of carbonyl (C=O) groups is 2. The van der Waals surface area contributed by atoms with Crippen molar-refractivity contribution in [3.8, 4) is 17.6 Å². The van der Waals surface area contributed by atoms with Gasteiger partial charge in [-0.3, -0.25) is 4.79 Å². The van der Waals surface area contributed by atoms with Crippen molar-refractivity contribution in [3.05, 3.63) is 101 Å². The van der Waals surface area contributed by atoms with Crippen LogP contribution in [0.15, 0.2) is 73.1 Å². The summed E-state index contributed by atoms with van der Waals surface area (Å²) in [5.41, 5.74) is 2.53. The zero-order valence-corrected chi connectivity index (χ0v) is 17.5. The summed E-state index contributed by atoms with van der Waals surface area (Å²) in [7, 11) is 0. The van der Waals surface area contributed by atoms with Crippen molar-refractivity contribution in [2.75, 3.05) is 13.2 Å². The lowest BCUT2D eigenvalue weighted by atomic mass is 9.98. The summed E-state index contributed by atoms with van der Waals surface area (Å²) >= 11 is 0. The van der Waals surface area contributed by atoms with Crippen LogP contribution in [-0.2, 0) is 11.3 Å². The van der Waals surface area contributed by atoms with Crippen molar-refractivity contribution in [2.45, 2.75) is 6.61 Å². The number of carbonyl (C=O) groups excluding carboxylic acids is 2. The Balaban J connectivity index is 1.39. The molecule has 0 bridgehead atoms. The van der Waals surface area contributed by atoms with Crippen LogP contribution in [0.1, 0.15) is 37.4 Å². The minimum absolute atomic E-state index is 0.0873. The standard InChI is InChI=1S/C26H18N2O5/c27-14-21-18(15-28-10-4-3-7-22(21)28)16-33-26(30)20-6-2-1-5-19(20)25(29)17-8-9-23-24(13-17)32-12-11-31-23/h1-10,13,15H,11-12,16H2. The van der Waals surface area contributed by atoms with Gasteiger partial charge in [-0.15, -0.1) is 0 Å². The number of pyridine rings is 1. The molecule has 2 aromatic heterocycles. The van der Waals surface area contributed by atoms with Gasteiger partial charge in [-0.2, -0.15) is 5.26 Å². The van der Waals surface area contributed by atoms with Crippen molar-refractivity contribution in [2.24, 2.45) is 0 Å². The zero-order chi connectivity index (χ0) is 22.8. The van der Waals surface area contributed by atoms with Crippen molar-refractivity contribution < 1.29 is 23.8 Å². The number of benzene rings is 2. The monoisotopic (exact) mass is 438 g/mol. The molecule has 162 valence electrons. The summed E-state index contributed by atoms with van der Waals surface area (Å²) in [6.45, 7) is 0.781. The molecular weight excluding hydrogens is 420 g/mol. The fourth-order valence-electron chi connectivity index (χ4n) is 3.84. The highest BCUT2D eigenvalue weighted by molar-refractivity contribution is 6.14. The molecular formula is C26H18N2O5. The molecule has 0 aliphatic carbocycles. The van der Waals surface area contributed by atoms with E-state index >= 15 is 0 Å². The predicted octanol–water partition coefficient (Wildman–Crippen LogP) is 4.17. The van der Waals surface area contributed by atoms with Crippen molar-refractivity contribution >= 4 is 17.3 Å². The van der Waals surface area contributed by atoms with Crippen LogP contribution >= 0.6 is 0 Å². The molecule has 5 rings (SSSR count). The summed E-state index contributed by atoms with van der Waals surface area (Å²) in [6.07, 6.45) is 3.58. The van der Waals surface area contributed by atoms with Crippen LogP contribution in [0.3, 0.4) is 0 Å². The first-order valence-electron chi connectivity index (χ1n) is 10.3. The van der Waals surface area contributed by atoms with E-state index in [0.29, 0.717) is 41.4 Å². The second-order valence-electron chi connectivity index (χ2n) is 7.44. The van der Waals surface area contributed by atoms with Gasteiger partial charge in [-0.1, -0.05) is 24.3 Å². The van der Waals surface area contributed by atoms with E-state index < -0.39 is 5.97 Å². The Hall–Kier alpha value is -4.57. The first-order valence-corrected chi connectivity index (χ1v) is 10.3. The Bertz CT molecular complexity index is 1430. The van der Waals surface area contributed by atoms with Gasteiger partial charge in [0.2, 0.25) is 0 Å². The Morgan fingerprint density at radius 1 is 0.970 bits per heavy atom. The summed E-state index contributed by atoms with van der Waals surface area (Å²) in [6, 6.07) is 19.1. The first-order chi connectivity index (χ1) is 16.2. The maximum Gasteiger partial charge on any atom is 0.339 e. The maximum absolute atomic E-state index is 13.2. The van der Waals surface area contributed by atoms with Crippen molar-refractivity contribution in [1.82, 2.24) is 4.40 Å². The van der Waals surface area contributed by atoms with E-state index in [1.165, 1.54) is 0 Å². The lowest BCUT2D eigenvalue weighted by Crippen LogP contribution is -2.16. The van der Waals surface area contributed by atoms with Crippen LogP contribution in [0.5, 0.6) is 11.5 Å². The highest BCUT2D eigenvalue weighted by atomic mass is 16.6. The Labute approximate surface area is 189 Å². The second-order valence-corrected chi connectivity index (χ2v) is 7.44. The molecule has 0 spiro atoms. The first kappa shape index (κ1) is 20.3. The van der Waals surface area contributed by atoms with E-state index in [-0.39, 0.29) is 23.5 Å². The molecule has 1 aliphatic heterocycles. The van der Waals surface area contributed by atoms with Gasteiger partial charge in [0, 0.05) is 29.1 Å². The highest BCUT2D eigenvalue weighted by Crippen LogP contribution is 2.32. The molecule has 7 heteroatoms. The van der Waals surface area contributed by atoms with Crippen LogP contribution in [0.4, 0.5) is 0 Å². The number of esters is 1. The average Bonchev–Trinajstić information content (AvgIpc) is 3.24. The number of nitriles is 1. The van der Waals surface area contributed by atoms with E-state index in [0.717, 1.165) is 5.52 Å². The van der Waals surface area contributed by atoms with E-state index in [2.05, 4.69) is 6.07 Å². The lowest BCUT2D eigenvalue weighted by molar-refractivity contribution is 0.0470. The molecule has 0 saturated carbocycles. The highest BCUT2D eigenvalue weighted by Gasteiger charge is 2.22. The number of fused-ring (bicyclic) bond motifs is 2. The summed E-state index contributed by atoms with van der Waals surface area (Å²) in [5.74, 6) is 0.109. The number of hydrogen-bond donors (Lipinski definition) is 0. The quantitative estimate of drug-likeness (QED) is 0.343. The van der Waals surface area contributed by atoms with Gasteiger partial charge >= 0.3 is 5.97 Å². The third-order valence-electron chi connectivity index (χ3n) is 5.43. The molecule has 0 radical (unpaired) electrons. The Kier molecular flexibility index (Phi) is 5.25. The average molecular weight is 438 g/mol. The molecule has 1 aliphatic rings. The van der Waals surface area contributed by atoms with E-state index in [1.54, 1.807) is 53.1 Å². The molecule has 0 N–H and O–H groups in total. The van der Waals surface area contributed by atoms with Gasteiger partial charge in [0.15, 0.2) is 17.3 Å². The summed E-state index contributed by atoms with van der Waals surface area (Å²) in [5, 5.41) is 9.55. The van der Waals surface area contributed by atoms with Crippen molar-refractivity contribution in [3.63, 3.8) is 0 Å². The predicted molar refractivity (Wildman–Crippen MR) is 119 cm³/mol. The SMILES string of the molecule is N#Cc1c(COC(=O)c2ccccc2C(=O)c2ccc3c(c2)OCCO3)cn2ccccc12. The minimum Gasteiger partial charge on any atom is -0.486 e. The molecule has 2 aromatic carbocycles. The van der Waals surface area contributed by atoms with E-state index in [9.17, 15) is 14.9 Å². The molecule has 7 nitrogen and oxygen atoms in total. The third kappa shape index (κ3) is 3.79. The topological polar surface area (TPSA) is 90.0 Å². The molecule has 0 amide bonds. The van der Waals surface area contributed by atoms with E-state index in [4.69, 9.17) is 14.2 Å². The zero-order valence-electron chi connectivity index (χ0n) is 17.5. The molecule has 0 atom stereocenters. The van der Waals surface area contributed by atoms with Crippen LogP contribution in [0, 0.1) is 11.3 Å². The molecule has 3 heterocycles. The number of aromatic nitrogens is 1. The lowest BCUT2D eigenvalue weighted by Gasteiger charge is -2.18. The van der Waals surface area contributed by atoms with Gasteiger partial charge in [0.05, 0.1) is 16.6 Å². The smallest absolute Gasteiger partial charge is 0.339 e. The molecule has 4 aromatic rings. The van der Waals surface area contributed by atoms with E-state index in [1.807, 2.05) is 24.4 Å². The minimum atomic E-state index is -0.643. The Morgan fingerprint density at radius 2 is 1.73 bits per heavy atom. The van der Waals surface area contributed by atoms with Gasteiger partial charge in [0.25, 0.3) is 0 Å². The van der Waals surface area contributed by atoms with Gasteiger partial charge < -0.3 is 18.6 Å². The van der Waals surface area contributed by atoms with Crippen molar-refractivity contribution in [1.29, 1.82) is 5.26 Å². The number of rotatable bonds is 5. The fourth-order valence-corrected chi connectivity index (χ4v) is 3.84. The fraction of sp³-hybridized carbons (Fsp3) is 0.115. The van der Waals surface area contributed by atoms with Gasteiger partial charge in [-0.05, 0) is 36.4 Å². The Morgan fingerprint density at radius 3 is 2.55 bits per heavy atom. The molecule has 0 fully saturated rings. The third-order valence-corrected chi connectivity index (χ3v) is 5.43. The molecule has 33 heavy (non-hydrogen) atoms.